The van der Waals surface area contributed by atoms with Gasteiger partial charge in [0, 0.05) is 12.6 Å². The Hall–Kier alpha value is -1.95. The number of aryl methyl sites for hydroxylation is 1. The van der Waals surface area contributed by atoms with Gasteiger partial charge in [0.1, 0.15) is 11.6 Å². The fraction of sp³-hybridized carbons (Fsp3) is 0.294. The van der Waals surface area contributed by atoms with Crippen LogP contribution in [0.2, 0.25) is 0 Å². The van der Waals surface area contributed by atoms with Gasteiger partial charge in [0.05, 0.1) is 10.6 Å². The van der Waals surface area contributed by atoms with Crippen LogP contribution in [0.1, 0.15) is 19.4 Å². The zero-order valence-corrected chi connectivity index (χ0v) is 14.1. The molecule has 0 radical (unpaired) electrons. The molecule has 0 N–H and O–H groups in total. The first-order valence-electron chi connectivity index (χ1n) is 7.26. The molecule has 0 aromatic heterocycles. The molecule has 0 unspecified atom stereocenters. The second-order valence-corrected chi connectivity index (χ2v) is 7.70. The highest BCUT2D eigenvalue weighted by Crippen LogP contribution is 2.28. The predicted octanol–water partition coefficient (Wildman–Crippen LogP) is 4.12. The lowest BCUT2D eigenvalue weighted by Crippen LogP contribution is -2.35. The van der Waals surface area contributed by atoms with E-state index in [4.69, 9.17) is 0 Å². The monoisotopic (exact) mass is 339 g/mol. The van der Waals surface area contributed by atoms with Crippen molar-refractivity contribution in [2.75, 3.05) is 10.8 Å². The number of nitrogens with zero attached hydrogens (tertiary/aromatic N) is 1. The predicted molar refractivity (Wildman–Crippen MR) is 86.9 cm³/mol. The minimum Gasteiger partial charge on any atom is -0.263 e. The summed E-state index contributed by atoms with van der Waals surface area (Å²) in [5.41, 5.74) is 0.771. The average Bonchev–Trinajstić information content (AvgIpc) is 2.45. The van der Waals surface area contributed by atoms with E-state index in [1.807, 2.05) is 20.8 Å². The number of anilines is 1. The first-order valence-corrected chi connectivity index (χ1v) is 8.70. The highest BCUT2D eigenvalue weighted by Gasteiger charge is 2.27. The van der Waals surface area contributed by atoms with Gasteiger partial charge in [-0.1, -0.05) is 31.5 Å². The largest absolute Gasteiger partial charge is 0.264 e. The van der Waals surface area contributed by atoms with Gasteiger partial charge in [0.25, 0.3) is 10.0 Å². The Morgan fingerprint density at radius 3 is 2.17 bits per heavy atom. The molecule has 0 bridgehead atoms. The number of hydrogen-bond donors (Lipinski definition) is 0. The van der Waals surface area contributed by atoms with Crippen molar-refractivity contribution >= 4 is 15.7 Å². The van der Waals surface area contributed by atoms with E-state index < -0.39 is 21.7 Å². The minimum atomic E-state index is -3.93. The molecule has 0 fully saturated rings. The topological polar surface area (TPSA) is 37.4 Å². The van der Waals surface area contributed by atoms with Gasteiger partial charge in [-0.2, -0.15) is 0 Å². The smallest absolute Gasteiger partial charge is 0.263 e. The van der Waals surface area contributed by atoms with Crippen LogP contribution in [0.4, 0.5) is 14.5 Å². The number of halogens is 2. The third-order valence-corrected chi connectivity index (χ3v) is 5.11. The quantitative estimate of drug-likeness (QED) is 0.821. The van der Waals surface area contributed by atoms with Gasteiger partial charge in [-0.05, 0) is 37.1 Å². The van der Waals surface area contributed by atoms with Crippen LogP contribution in [0.25, 0.3) is 0 Å². The molecule has 124 valence electrons. The van der Waals surface area contributed by atoms with E-state index in [-0.39, 0.29) is 23.0 Å². The van der Waals surface area contributed by atoms with Crippen molar-refractivity contribution in [2.45, 2.75) is 25.7 Å². The Balaban J connectivity index is 2.55. The molecule has 0 amide bonds. The average molecular weight is 339 g/mol. The lowest BCUT2D eigenvalue weighted by Gasteiger charge is -2.26. The number of sulfonamides is 1. The molecular weight excluding hydrogens is 320 g/mol. The third-order valence-electron chi connectivity index (χ3n) is 3.32. The second-order valence-electron chi connectivity index (χ2n) is 5.84. The molecule has 0 aliphatic heterocycles. The van der Waals surface area contributed by atoms with Crippen LogP contribution >= 0.6 is 0 Å². The summed E-state index contributed by atoms with van der Waals surface area (Å²) in [6, 6.07) is 9.23. The van der Waals surface area contributed by atoms with Gasteiger partial charge in [-0.25, -0.2) is 17.2 Å². The molecular formula is C17H19F2NO2S. The maximum atomic E-state index is 14.1. The highest BCUT2D eigenvalue weighted by molar-refractivity contribution is 7.92. The maximum absolute atomic E-state index is 14.1. The molecule has 23 heavy (non-hydrogen) atoms. The van der Waals surface area contributed by atoms with E-state index >= 15 is 0 Å². The van der Waals surface area contributed by atoms with Crippen LogP contribution in [-0.4, -0.2) is 15.0 Å². The zero-order chi connectivity index (χ0) is 17.2. The summed E-state index contributed by atoms with van der Waals surface area (Å²) in [5, 5.41) is 0. The lowest BCUT2D eigenvalue weighted by molar-refractivity contribution is 0.562. The molecule has 0 atom stereocenters. The summed E-state index contributed by atoms with van der Waals surface area (Å²) < 4.78 is 54.0. The molecule has 0 aliphatic rings. The Bertz CT molecular complexity index is 787. The van der Waals surface area contributed by atoms with Crippen LogP contribution in [0.3, 0.4) is 0 Å². The van der Waals surface area contributed by atoms with Crippen molar-refractivity contribution in [3.05, 3.63) is 59.7 Å². The van der Waals surface area contributed by atoms with E-state index in [9.17, 15) is 17.2 Å². The van der Waals surface area contributed by atoms with E-state index in [1.165, 1.54) is 12.1 Å². The normalized spacial score (nSPS) is 11.7. The van der Waals surface area contributed by atoms with Crippen LogP contribution in [0.5, 0.6) is 0 Å². The Labute approximate surface area is 135 Å². The molecule has 0 saturated heterocycles. The third kappa shape index (κ3) is 3.88. The summed E-state index contributed by atoms with van der Waals surface area (Å²) in [6.07, 6.45) is 0. The Kier molecular flexibility index (Phi) is 5.04. The van der Waals surface area contributed by atoms with Crippen molar-refractivity contribution in [3.63, 3.8) is 0 Å². The van der Waals surface area contributed by atoms with Crippen molar-refractivity contribution in [1.29, 1.82) is 0 Å². The molecule has 2 aromatic rings. The number of rotatable bonds is 5. The van der Waals surface area contributed by atoms with E-state index in [1.54, 1.807) is 12.1 Å². The Morgan fingerprint density at radius 1 is 1.04 bits per heavy atom. The van der Waals surface area contributed by atoms with Crippen LogP contribution in [-0.2, 0) is 10.0 Å². The first kappa shape index (κ1) is 17.4. The number of benzene rings is 2. The lowest BCUT2D eigenvalue weighted by atomic mass is 10.2. The van der Waals surface area contributed by atoms with Gasteiger partial charge in [0.2, 0.25) is 0 Å². The molecule has 0 saturated carbocycles. The SMILES string of the molecule is Cc1ccc(S(=O)(=O)N(CC(C)C)c2ccc(F)cc2F)cc1. The fourth-order valence-electron chi connectivity index (χ4n) is 2.18. The van der Waals surface area contributed by atoms with Gasteiger partial charge in [-0.15, -0.1) is 0 Å². The van der Waals surface area contributed by atoms with Crippen LogP contribution in [0, 0.1) is 24.5 Å². The van der Waals surface area contributed by atoms with Crippen molar-refractivity contribution < 1.29 is 17.2 Å². The minimum absolute atomic E-state index is 0.0281. The van der Waals surface area contributed by atoms with Crippen molar-refractivity contribution in [2.24, 2.45) is 5.92 Å². The molecule has 2 rings (SSSR count). The Morgan fingerprint density at radius 2 is 1.65 bits per heavy atom. The molecule has 2 aromatic carbocycles. The van der Waals surface area contributed by atoms with Crippen LogP contribution < -0.4 is 4.31 Å². The summed E-state index contributed by atoms with van der Waals surface area (Å²) in [7, 11) is -3.93. The zero-order valence-electron chi connectivity index (χ0n) is 13.3. The summed E-state index contributed by atoms with van der Waals surface area (Å²) in [4.78, 5) is 0.0764. The standard InChI is InChI=1S/C17H19F2NO2S/c1-12(2)11-20(17-9-6-14(18)10-16(17)19)23(21,22)15-7-4-13(3)5-8-15/h4-10,12H,11H2,1-3H3. The second kappa shape index (κ2) is 6.66. The van der Waals surface area contributed by atoms with E-state index in [0.29, 0.717) is 6.07 Å². The molecule has 0 aliphatic carbocycles. The number of hydrogen-bond acceptors (Lipinski definition) is 2. The summed E-state index contributed by atoms with van der Waals surface area (Å²) in [6.45, 7) is 5.61. The van der Waals surface area contributed by atoms with Crippen molar-refractivity contribution in [1.82, 2.24) is 0 Å². The summed E-state index contributed by atoms with van der Waals surface area (Å²) in [5.74, 6) is -1.68. The molecule has 0 spiro atoms. The van der Waals surface area contributed by atoms with Gasteiger partial charge in [0.15, 0.2) is 0 Å². The van der Waals surface area contributed by atoms with Crippen LogP contribution in [0.15, 0.2) is 47.4 Å². The molecule has 3 nitrogen and oxygen atoms in total. The van der Waals surface area contributed by atoms with Gasteiger partial charge < -0.3 is 0 Å². The van der Waals surface area contributed by atoms with Crippen molar-refractivity contribution in [3.8, 4) is 0 Å². The first-order chi connectivity index (χ1) is 10.7. The van der Waals surface area contributed by atoms with E-state index in [0.717, 1.165) is 22.0 Å². The molecule has 6 heteroatoms. The maximum Gasteiger partial charge on any atom is 0.264 e. The van der Waals surface area contributed by atoms with Gasteiger partial charge in [-0.3, -0.25) is 4.31 Å². The van der Waals surface area contributed by atoms with Gasteiger partial charge >= 0.3 is 0 Å². The fourth-order valence-corrected chi connectivity index (χ4v) is 3.81. The molecule has 0 heterocycles. The van der Waals surface area contributed by atoms with E-state index in [2.05, 4.69) is 0 Å². The summed E-state index contributed by atoms with van der Waals surface area (Å²) >= 11 is 0. The highest BCUT2D eigenvalue weighted by atomic mass is 32.2.